The van der Waals surface area contributed by atoms with Gasteiger partial charge in [0.25, 0.3) is 11.6 Å². The summed E-state index contributed by atoms with van der Waals surface area (Å²) >= 11 is 0. The first kappa shape index (κ1) is 18.6. The maximum Gasteiger partial charge on any atom is 0.259 e. The number of carbonyl (C=O) groups excluding carboxylic acids is 1. The second kappa shape index (κ2) is 7.75. The Balaban J connectivity index is 1.42. The van der Waals surface area contributed by atoms with Gasteiger partial charge in [0.2, 0.25) is 5.88 Å². The van der Waals surface area contributed by atoms with Gasteiger partial charge < -0.3 is 19.0 Å². The van der Waals surface area contributed by atoms with Crippen LogP contribution in [0.2, 0.25) is 0 Å². The van der Waals surface area contributed by atoms with Crippen LogP contribution in [-0.4, -0.2) is 21.0 Å². The third-order valence-corrected chi connectivity index (χ3v) is 4.61. The predicted octanol–water partition coefficient (Wildman–Crippen LogP) is 5.23. The highest BCUT2D eigenvalue weighted by Crippen LogP contribution is 2.28. The minimum absolute atomic E-state index is 0.274. The number of anilines is 1. The van der Waals surface area contributed by atoms with Gasteiger partial charge in [-0.2, -0.15) is 0 Å². The molecule has 8 heteroatoms. The van der Waals surface area contributed by atoms with Crippen molar-refractivity contribution < 1.29 is 18.5 Å². The summed E-state index contributed by atoms with van der Waals surface area (Å²) in [5.74, 6) is 1.32. The fraction of sp³-hybridized carbons (Fsp3) is 0.0435. The van der Waals surface area contributed by atoms with Gasteiger partial charge in [0, 0.05) is 18.0 Å². The van der Waals surface area contributed by atoms with Crippen molar-refractivity contribution in [2.24, 2.45) is 0 Å². The number of rotatable bonds is 5. The maximum atomic E-state index is 13.1. The van der Waals surface area contributed by atoms with Crippen LogP contribution in [0.25, 0.3) is 22.6 Å². The molecule has 4 aromatic heterocycles. The molecular formula is C23H16N4O4. The van der Waals surface area contributed by atoms with E-state index in [1.54, 1.807) is 67.9 Å². The molecule has 0 spiro atoms. The number of pyridine rings is 2. The molecule has 152 valence electrons. The number of aromatic nitrogens is 3. The lowest BCUT2D eigenvalue weighted by atomic mass is 10.1. The van der Waals surface area contributed by atoms with Crippen molar-refractivity contribution >= 4 is 22.7 Å². The summed E-state index contributed by atoms with van der Waals surface area (Å²) in [7, 11) is 0. The number of hydrogen-bond acceptors (Lipinski definition) is 7. The largest absolute Gasteiger partial charge is 0.463 e. The van der Waals surface area contributed by atoms with Crippen LogP contribution < -0.4 is 10.1 Å². The number of hydrogen-bond donors (Lipinski definition) is 1. The highest BCUT2D eigenvalue weighted by Gasteiger charge is 2.20. The summed E-state index contributed by atoms with van der Waals surface area (Å²) in [6, 6.07) is 17.6. The van der Waals surface area contributed by atoms with E-state index in [4.69, 9.17) is 13.7 Å². The smallest absolute Gasteiger partial charge is 0.259 e. The molecule has 0 atom stereocenters. The number of ether oxygens (including phenoxy) is 1. The Hall–Kier alpha value is -4.46. The van der Waals surface area contributed by atoms with E-state index in [-0.39, 0.29) is 11.6 Å². The molecule has 5 rings (SSSR count). The molecule has 0 bridgehead atoms. The molecule has 31 heavy (non-hydrogen) atoms. The highest BCUT2D eigenvalue weighted by atomic mass is 16.5. The van der Waals surface area contributed by atoms with E-state index >= 15 is 0 Å². The number of nitrogens with zero attached hydrogens (tertiary/aromatic N) is 3. The number of aryl methyl sites for hydroxylation is 1. The topological polar surface area (TPSA) is 103 Å². The number of carbonyl (C=O) groups is 1. The van der Waals surface area contributed by atoms with Gasteiger partial charge in [-0.15, -0.1) is 0 Å². The molecule has 0 saturated heterocycles. The lowest BCUT2D eigenvalue weighted by molar-refractivity contribution is 0.102. The molecule has 0 fully saturated rings. The zero-order chi connectivity index (χ0) is 21.2. The van der Waals surface area contributed by atoms with Crippen molar-refractivity contribution in [1.82, 2.24) is 15.1 Å². The number of furan rings is 1. The SMILES string of the molecule is Cc1noc2nc(-c3ccco3)cc(C(=O)Nc3ccc(Oc4ccccn4)cc3)c12. The van der Waals surface area contributed by atoms with E-state index in [1.165, 1.54) is 0 Å². The molecule has 0 aliphatic carbocycles. The quantitative estimate of drug-likeness (QED) is 0.421. The summed E-state index contributed by atoms with van der Waals surface area (Å²) in [5, 5.41) is 7.40. The van der Waals surface area contributed by atoms with Crippen LogP contribution in [0.3, 0.4) is 0 Å². The Morgan fingerprint density at radius 3 is 2.68 bits per heavy atom. The third kappa shape index (κ3) is 3.74. The third-order valence-electron chi connectivity index (χ3n) is 4.61. The molecular weight excluding hydrogens is 396 g/mol. The van der Waals surface area contributed by atoms with E-state index in [0.717, 1.165) is 0 Å². The van der Waals surface area contributed by atoms with Gasteiger partial charge in [0.05, 0.1) is 22.9 Å². The Labute approximate surface area is 176 Å². The maximum absolute atomic E-state index is 13.1. The normalized spacial score (nSPS) is 10.9. The first-order valence-electron chi connectivity index (χ1n) is 9.48. The number of amides is 1. The van der Waals surface area contributed by atoms with Crippen LogP contribution in [0.1, 0.15) is 16.1 Å². The van der Waals surface area contributed by atoms with Crippen LogP contribution in [0.4, 0.5) is 5.69 Å². The van der Waals surface area contributed by atoms with Gasteiger partial charge in [0.1, 0.15) is 11.4 Å². The van der Waals surface area contributed by atoms with Crippen molar-refractivity contribution in [2.75, 3.05) is 5.32 Å². The van der Waals surface area contributed by atoms with Crippen molar-refractivity contribution in [3.63, 3.8) is 0 Å². The second-order valence-corrected chi connectivity index (χ2v) is 6.73. The summed E-state index contributed by atoms with van der Waals surface area (Å²) in [4.78, 5) is 21.6. The van der Waals surface area contributed by atoms with Gasteiger partial charge in [-0.3, -0.25) is 4.79 Å². The van der Waals surface area contributed by atoms with Crippen LogP contribution in [-0.2, 0) is 0 Å². The molecule has 8 nitrogen and oxygen atoms in total. The molecule has 5 aromatic rings. The van der Waals surface area contributed by atoms with Crippen LogP contribution in [0.5, 0.6) is 11.6 Å². The van der Waals surface area contributed by atoms with Gasteiger partial charge in [0.15, 0.2) is 5.76 Å². The lowest BCUT2D eigenvalue weighted by Crippen LogP contribution is -2.13. The molecule has 1 N–H and O–H groups in total. The summed E-state index contributed by atoms with van der Waals surface area (Å²) in [6.07, 6.45) is 3.20. The summed E-state index contributed by atoms with van der Waals surface area (Å²) in [6.45, 7) is 1.76. The monoisotopic (exact) mass is 412 g/mol. The molecule has 0 radical (unpaired) electrons. The zero-order valence-electron chi connectivity index (χ0n) is 16.4. The first-order valence-corrected chi connectivity index (χ1v) is 9.48. The van der Waals surface area contributed by atoms with E-state index in [1.807, 2.05) is 12.1 Å². The summed E-state index contributed by atoms with van der Waals surface area (Å²) < 4.78 is 16.4. The Kier molecular flexibility index (Phi) is 4.64. The zero-order valence-corrected chi connectivity index (χ0v) is 16.4. The minimum atomic E-state index is -0.315. The molecule has 0 aliphatic rings. The van der Waals surface area contributed by atoms with E-state index < -0.39 is 0 Å². The number of benzene rings is 1. The molecule has 1 amide bonds. The number of fused-ring (bicyclic) bond motifs is 1. The Morgan fingerprint density at radius 2 is 1.94 bits per heavy atom. The molecule has 0 saturated carbocycles. The molecule has 4 heterocycles. The average molecular weight is 412 g/mol. The summed E-state index contributed by atoms with van der Waals surface area (Å²) in [5.41, 5.74) is 2.34. The first-order chi connectivity index (χ1) is 15.2. The van der Waals surface area contributed by atoms with Gasteiger partial charge in [-0.05, 0) is 55.5 Å². The average Bonchev–Trinajstić information content (AvgIpc) is 3.46. The Bertz CT molecular complexity index is 1340. The minimum Gasteiger partial charge on any atom is -0.463 e. The van der Waals surface area contributed by atoms with Crippen LogP contribution >= 0.6 is 0 Å². The van der Waals surface area contributed by atoms with Crippen molar-refractivity contribution in [3.05, 3.63) is 84.4 Å². The van der Waals surface area contributed by atoms with E-state index in [9.17, 15) is 4.79 Å². The van der Waals surface area contributed by atoms with Crippen LogP contribution in [0, 0.1) is 6.92 Å². The fourth-order valence-corrected chi connectivity index (χ4v) is 3.16. The number of nitrogens with one attached hydrogen (secondary N) is 1. The van der Waals surface area contributed by atoms with Gasteiger partial charge >= 0.3 is 0 Å². The predicted molar refractivity (Wildman–Crippen MR) is 113 cm³/mol. The van der Waals surface area contributed by atoms with E-state index in [0.29, 0.717) is 45.4 Å². The standard InChI is InChI=1S/C23H16N4O4/c1-14-21-17(13-18(19-5-4-12-29-19)26-23(21)31-27-14)22(28)25-15-7-9-16(10-8-15)30-20-6-2-3-11-24-20/h2-13H,1H3,(H,25,28). The molecule has 0 unspecified atom stereocenters. The molecule has 1 aromatic carbocycles. The van der Waals surface area contributed by atoms with Crippen molar-refractivity contribution in [2.45, 2.75) is 6.92 Å². The fourth-order valence-electron chi connectivity index (χ4n) is 3.16. The van der Waals surface area contributed by atoms with Gasteiger partial charge in [-0.25, -0.2) is 9.97 Å². The van der Waals surface area contributed by atoms with E-state index in [2.05, 4.69) is 20.4 Å². The Morgan fingerprint density at radius 1 is 1.06 bits per heavy atom. The van der Waals surface area contributed by atoms with Gasteiger partial charge in [-0.1, -0.05) is 11.2 Å². The highest BCUT2D eigenvalue weighted by molar-refractivity contribution is 6.12. The molecule has 0 aliphatic heterocycles. The lowest BCUT2D eigenvalue weighted by Gasteiger charge is -2.09. The van der Waals surface area contributed by atoms with Crippen molar-refractivity contribution in [3.8, 4) is 23.1 Å². The van der Waals surface area contributed by atoms with Crippen LogP contribution in [0.15, 0.2) is 82.1 Å². The second-order valence-electron chi connectivity index (χ2n) is 6.73. The van der Waals surface area contributed by atoms with Crippen molar-refractivity contribution in [1.29, 1.82) is 0 Å².